The average molecular weight is 226 g/mol. The summed E-state index contributed by atoms with van der Waals surface area (Å²) in [5.41, 5.74) is 0. The minimum absolute atomic E-state index is 0.780. The summed E-state index contributed by atoms with van der Waals surface area (Å²) in [4.78, 5) is 0. The van der Waals surface area contributed by atoms with E-state index in [4.69, 9.17) is 0 Å². The van der Waals surface area contributed by atoms with Gasteiger partial charge in [0.05, 0.1) is 0 Å². The molecule has 1 fully saturated rings. The average Bonchev–Trinajstić information content (AvgIpc) is 2.06. The topological polar surface area (TPSA) is 0 Å². The fraction of sp³-hybridized carbons (Fsp3) is 1.00. The molecule has 1 aliphatic heterocycles. The highest BCUT2D eigenvalue weighted by atomic mass is 32.2. The monoisotopic (exact) mass is 226 g/mol. The fourth-order valence-electron chi connectivity index (χ4n) is 1.07. The molecule has 0 N–H and O–H groups in total. The van der Waals surface area contributed by atoms with E-state index in [2.05, 4.69) is 48.8 Å². The van der Waals surface area contributed by atoms with Crippen LogP contribution in [0.1, 0.15) is 6.42 Å². The van der Waals surface area contributed by atoms with E-state index in [0.29, 0.717) is 0 Å². The minimum atomic E-state index is 0.780. The van der Waals surface area contributed by atoms with E-state index in [-0.39, 0.29) is 0 Å². The van der Waals surface area contributed by atoms with Crippen molar-refractivity contribution in [1.82, 2.24) is 0 Å². The molecule has 0 aliphatic carbocycles. The molecule has 0 radical (unpaired) electrons. The first kappa shape index (κ1) is 10.5. The Bertz CT molecular complexity index is 105. The Labute approximate surface area is 88.5 Å². The highest BCUT2D eigenvalue weighted by molar-refractivity contribution is 8.07. The lowest BCUT2D eigenvalue weighted by Crippen LogP contribution is -2.23. The van der Waals surface area contributed by atoms with Gasteiger partial charge in [-0.3, -0.25) is 0 Å². The number of thioether (sulfide) groups is 2. The molecule has 1 heterocycles. The van der Waals surface area contributed by atoms with E-state index in [1.807, 2.05) is 0 Å². The predicted octanol–water partition coefficient (Wildman–Crippen LogP) is 2.45. The second-order valence-electron chi connectivity index (χ2n) is 2.61. The third-order valence-electron chi connectivity index (χ3n) is 1.65. The molecule has 11 heavy (non-hydrogen) atoms. The van der Waals surface area contributed by atoms with Crippen molar-refractivity contribution in [3.05, 3.63) is 0 Å². The van der Waals surface area contributed by atoms with Gasteiger partial charge in [-0.15, -0.1) is 0 Å². The molecule has 4 heteroatoms. The maximum Gasteiger partial charge on any atom is 0.0229 e. The van der Waals surface area contributed by atoms with Crippen molar-refractivity contribution < 1.29 is 0 Å². The standard InChI is InChI=1S/C7H14S4/c8-2-1-6-4-10-5-7(3-9)11-6/h6-9H,1-5H2. The number of rotatable bonds is 3. The number of hydrogen-bond donors (Lipinski definition) is 2. The molecule has 66 valence electrons. The van der Waals surface area contributed by atoms with Crippen molar-refractivity contribution in [3.63, 3.8) is 0 Å². The van der Waals surface area contributed by atoms with Crippen LogP contribution in [0.25, 0.3) is 0 Å². The lowest BCUT2D eigenvalue weighted by atomic mass is 10.4. The Kier molecular flexibility index (Phi) is 5.67. The van der Waals surface area contributed by atoms with Crippen LogP contribution in [0.5, 0.6) is 0 Å². The molecule has 0 nitrogen and oxygen atoms in total. The van der Waals surface area contributed by atoms with E-state index in [9.17, 15) is 0 Å². The quantitative estimate of drug-likeness (QED) is 0.710. The van der Waals surface area contributed by atoms with Crippen LogP contribution in [-0.4, -0.2) is 33.5 Å². The molecule has 0 aromatic heterocycles. The van der Waals surface area contributed by atoms with Gasteiger partial charge in [-0.1, -0.05) is 0 Å². The molecule has 2 unspecified atom stereocenters. The Balaban J connectivity index is 2.21. The minimum Gasteiger partial charge on any atom is -0.179 e. The van der Waals surface area contributed by atoms with Gasteiger partial charge >= 0.3 is 0 Å². The van der Waals surface area contributed by atoms with Crippen molar-refractivity contribution in [3.8, 4) is 0 Å². The van der Waals surface area contributed by atoms with Crippen molar-refractivity contribution >= 4 is 48.8 Å². The summed E-state index contributed by atoms with van der Waals surface area (Å²) in [6.45, 7) is 0. The van der Waals surface area contributed by atoms with Gasteiger partial charge in [0.2, 0.25) is 0 Å². The van der Waals surface area contributed by atoms with Crippen molar-refractivity contribution in [2.75, 3.05) is 23.0 Å². The summed E-state index contributed by atoms with van der Waals surface area (Å²) in [5, 5.41) is 1.62. The SMILES string of the molecule is SCCC1CSCC(CS)S1. The van der Waals surface area contributed by atoms with Crippen LogP contribution < -0.4 is 0 Å². The van der Waals surface area contributed by atoms with Crippen LogP contribution in [0.3, 0.4) is 0 Å². The van der Waals surface area contributed by atoms with E-state index in [1.165, 1.54) is 17.9 Å². The zero-order valence-electron chi connectivity index (χ0n) is 6.40. The molecule has 0 bridgehead atoms. The van der Waals surface area contributed by atoms with Crippen molar-refractivity contribution in [2.24, 2.45) is 0 Å². The van der Waals surface area contributed by atoms with Crippen LogP contribution in [0.15, 0.2) is 0 Å². The maximum atomic E-state index is 4.32. The van der Waals surface area contributed by atoms with E-state index in [1.54, 1.807) is 0 Å². The lowest BCUT2D eigenvalue weighted by molar-refractivity contribution is 0.909. The van der Waals surface area contributed by atoms with Crippen LogP contribution in [0.4, 0.5) is 0 Å². The number of thiol groups is 2. The third kappa shape index (κ3) is 3.75. The van der Waals surface area contributed by atoms with Gasteiger partial charge in [0.15, 0.2) is 0 Å². The predicted molar refractivity (Wildman–Crippen MR) is 64.8 cm³/mol. The summed E-state index contributed by atoms with van der Waals surface area (Å²) in [5.74, 6) is 4.66. The second kappa shape index (κ2) is 5.95. The summed E-state index contributed by atoms with van der Waals surface area (Å²) in [6, 6.07) is 0. The van der Waals surface area contributed by atoms with E-state index >= 15 is 0 Å². The Morgan fingerprint density at radius 3 is 2.55 bits per heavy atom. The van der Waals surface area contributed by atoms with Crippen LogP contribution in [0.2, 0.25) is 0 Å². The van der Waals surface area contributed by atoms with Crippen LogP contribution >= 0.6 is 48.8 Å². The summed E-state index contributed by atoms with van der Waals surface area (Å²) in [6.07, 6.45) is 1.26. The molecule has 1 aliphatic rings. The summed E-state index contributed by atoms with van der Waals surface area (Å²) >= 11 is 12.7. The summed E-state index contributed by atoms with van der Waals surface area (Å²) in [7, 11) is 0. The van der Waals surface area contributed by atoms with Gasteiger partial charge in [0.25, 0.3) is 0 Å². The fourth-order valence-corrected chi connectivity index (χ4v) is 5.16. The zero-order chi connectivity index (χ0) is 8.10. The molecule has 2 atom stereocenters. The normalized spacial score (nSPS) is 32.2. The van der Waals surface area contributed by atoms with Gasteiger partial charge in [-0.2, -0.15) is 48.8 Å². The van der Waals surface area contributed by atoms with E-state index in [0.717, 1.165) is 22.0 Å². The lowest BCUT2D eigenvalue weighted by Gasteiger charge is -2.26. The zero-order valence-corrected chi connectivity index (χ0v) is 9.82. The molecule has 0 aromatic carbocycles. The molecule has 0 spiro atoms. The van der Waals surface area contributed by atoms with Crippen LogP contribution in [-0.2, 0) is 0 Å². The van der Waals surface area contributed by atoms with Gasteiger partial charge in [-0.05, 0) is 12.2 Å². The Hall–Kier alpha value is 1.40. The number of hydrogen-bond acceptors (Lipinski definition) is 4. The molecule has 0 aromatic rings. The molecule has 0 amide bonds. The second-order valence-corrected chi connectivity index (χ2v) is 6.11. The van der Waals surface area contributed by atoms with Crippen LogP contribution in [0, 0.1) is 0 Å². The molecule has 0 saturated carbocycles. The smallest absolute Gasteiger partial charge is 0.0229 e. The molecule has 1 saturated heterocycles. The Morgan fingerprint density at radius 2 is 1.91 bits per heavy atom. The van der Waals surface area contributed by atoms with Gasteiger partial charge in [-0.25, -0.2) is 0 Å². The highest BCUT2D eigenvalue weighted by Gasteiger charge is 2.20. The maximum absolute atomic E-state index is 4.32. The molecule has 1 rings (SSSR count). The first-order valence-corrected chi connectivity index (χ1v) is 7.18. The Morgan fingerprint density at radius 1 is 1.18 bits per heavy atom. The third-order valence-corrected chi connectivity index (χ3v) is 5.80. The van der Waals surface area contributed by atoms with Gasteiger partial charge < -0.3 is 0 Å². The van der Waals surface area contributed by atoms with E-state index < -0.39 is 0 Å². The summed E-state index contributed by atoms with van der Waals surface area (Å²) < 4.78 is 0. The first-order valence-electron chi connectivity index (χ1n) is 3.81. The largest absolute Gasteiger partial charge is 0.179 e. The molecular weight excluding hydrogens is 212 g/mol. The first-order chi connectivity index (χ1) is 5.36. The van der Waals surface area contributed by atoms with Crippen molar-refractivity contribution in [1.29, 1.82) is 0 Å². The molecular formula is C7H14S4. The van der Waals surface area contributed by atoms with Gasteiger partial charge in [0, 0.05) is 27.8 Å². The highest BCUT2D eigenvalue weighted by Crippen LogP contribution is 2.32. The van der Waals surface area contributed by atoms with Gasteiger partial charge in [0.1, 0.15) is 0 Å². The van der Waals surface area contributed by atoms with Crippen molar-refractivity contribution in [2.45, 2.75) is 16.9 Å².